The summed E-state index contributed by atoms with van der Waals surface area (Å²) >= 11 is 1.43. The number of hydrogen-bond acceptors (Lipinski definition) is 5. The molecule has 0 bridgehead atoms. The number of aromatic nitrogens is 1. The molecule has 0 saturated heterocycles. The molecular weight excluding hydrogens is 353 g/mol. The Kier molecular flexibility index (Phi) is 5.96. The number of carbonyl (C=O) groups excluding carboxylic acids is 1. The third-order valence-corrected chi connectivity index (χ3v) is 4.76. The monoisotopic (exact) mass is 371 g/mol. The van der Waals surface area contributed by atoms with E-state index in [0.29, 0.717) is 12.1 Å². The van der Waals surface area contributed by atoms with Crippen molar-refractivity contribution in [1.82, 2.24) is 4.98 Å². The number of nitrogens with zero attached hydrogens (tertiary/aromatic N) is 1. The van der Waals surface area contributed by atoms with Crippen molar-refractivity contribution in [2.45, 2.75) is 19.4 Å². The summed E-state index contributed by atoms with van der Waals surface area (Å²) in [6.07, 6.45) is 0.829. The molecule has 3 aromatic rings. The van der Waals surface area contributed by atoms with Gasteiger partial charge in [0.1, 0.15) is 23.2 Å². The van der Waals surface area contributed by atoms with Gasteiger partial charge in [0.2, 0.25) is 0 Å². The number of halogens is 1. The van der Waals surface area contributed by atoms with Crippen molar-refractivity contribution in [1.29, 1.82) is 0 Å². The molecule has 0 unspecified atom stereocenters. The highest BCUT2D eigenvalue weighted by atomic mass is 32.1. The Morgan fingerprint density at radius 3 is 2.69 bits per heavy atom. The highest BCUT2D eigenvalue weighted by Crippen LogP contribution is 2.24. The largest absolute Gasteiger partial charge is 0.496 e. The average Bonchev–Trinajstić information content (AvgIpc) is 3.14. The lowest BCUT2D eigenvalue weighted by Crippen LogP contribution is -2.06. The van der Waals surface area contributed by atoms with Gasteiger partial charge in [0, 0.05) is 17.4 Å². The average molecular weight is 371 g/mol. The van der Waals surface area contributed by atoms with Gasteiger partial charge in [0.25, 0.3) is 0 Å². The number of ether oxygens (including phenoxy) is 2. The first-order chi connectivity index (χ1) is 12.7. The summed E-state index contributed by atoms with van der Waals surface area (Å²) < 4.78 is 23.5. The molecule has 0 aliphatic rings. The Morgan fingerprint density at radius 2 is 1.92 bits per heavy atom. The van der Waals surface area contributed by atoms with Gasteiger partial charge in [-0.2, -0.15) is 0 Å². The van der Waals surface area contributed by atoms with Gasteiger partial charge >= 0.3 is 5.97 Å². The van der Waals surface area contributed by atoms with Crippen LogP contribution in [0.4, 0.5) is 4.39 Å². The first-order valence-corrected chi connectivity index (χ1v) is 9.01. The molecule has 6 heteroatoms. The lowest BCUT2D eigenvalue weighted by Gasteiger charge is -2.07. The molecule has 0 spiro atoms. The standard InChI is InChI=1S/C20H18FNO3S/c1-24-18-5-3-2-4-14(18)8-11-19(23)25-12-17-13-26-20(22-17)15-6-9-16(21)10-7-15/h2-7,9-10,13H,8,11-12H2,1H3. The van der Waals surface area contributed by atoms with Crippen molar-refractivity contribution in [3.8, 4) is 16.3 Å². The zero-order valence-electron chi connectivity index (χ0n) is 14.3. The third kappa shape index (κ3) is 4.67. The highest BCUT2D eigenvalue weighted by molar-refractivity contribution is 7.13. The molecule has 134 valence electrons. The van der Waals surface area contributed by atoms with Crippen molar-refractivity contribution >= 4 is 17.3 Å². The molecule has 3 rings (SSSR count). The predicted molar refractivity (Wildman–Crippen MR) is 98.6 cm³/mol. The van der Waals surface area contributed by atoms with E-state index in [4.69, 9.17) is 9.47 Å². The van der Waals surface area contributed by atoms with Crippen molar-refractivity contribution in [2.24, 2.45) is 0 Å². The Bertz CT molecular complexity index is 877. The van der Waals surface area contributed by atoms with E-state index in [1.807, 2.05) is 29.6 Å². The lowest BCUT2D eigenvalue weighted by atomic mass is 10.1. The summed E-state index contributed by atoms with van der Waals surface area (Å²) in [7, 11) is 1.61. The van der Waals surface area contributed by atoms with E-state index in [-0.39, 0.29) is 24.8 Å². The molecule has 4 nitrogen and oxygen atoms in total. The Hall–Kier alpha value is -2.73. The van der Waals surface area contributed by atoms with Crippen LogP contribution in [-0.2, 0) is 22.6 Å². The molecule has 0 saturated carbocycles. The number of rotatable bonds is 7. The molecule has 0 fully saturated rings. The Balaban J connectivity index is 1.51. The maximum absolute atomic E-state index is 13.0. The van der Waals surface area contributed by atoms with Crippen LogP contribution in [0.5, 0.6) is 5.75 Å². The summed E-state index contributed by atoms with van der Waals surface area (Å²) in [4.78, 5) is 16.4. The van der Waals surface area contributed by atoms with Crippen LogP contribution in [0.2, 0.25) is 0 Å². The van der Waals surface area contributed by atoms with Crippen LogP contribution in [0, 0.1) is 5.82 Å². The van der Waals surface area contributed by atoms with E-state index in [0.717, 1.165) is 21.9 Å². The molecule has 26 heavy (non-hydrogen) atoms. The first kappa shape index (κ1) is 18.1. The molecule has 0 atom stereocenters. The molecule has 0 amide bonds. The maximum Gasteiger partial charge on any atom is 0.306 e. The number of methoxy groups -OCH3 is 1. The van der Waals surface area contributed by atoms with E-state index in [2.05, 4.69) is 4.98 Å². The normalized spacial score (nSPS) is 10.5. The van der Waals surface area contributed by atoms with Crippen LogP contribution in [0.15, 0.2) is 53.9 Å². The Morgan fingerprint density at radius 1 is 1.15 bits per heavy atom. The van der Waals surface area contributed by atoms with Crippen molar-refractivity contribution in [2.75, 3.05) is 7.11 Å². The second-order valence-electron chi connectivity index (χ2n) is 5.62. The van der Waals surface area contributed by atoms with Crippen LogP contribution in [-0.4, -0.2) is 18.1 Å². The topological polar surface area (TPSA) is 48.4 Å². The predicted octanol–water partition coefficient (Wildman–Crippen LogP) is 4.63. The van der Waals surface area contributed by atoms with Gasteiger partial charge in [0.05, 0.1) is 12.8 Å². The molecule has 2 aromatic carbocycles. The molecule has 0 radical (unpaired) electrons. The minimum atomic E-state index is -0.285. The van der Waals surface area contributed by atoms with Crippen molar-refractivity contribution < 1.29 is 18.7 Å². The maximum atomic E-state index is 13.0. The minimum Gasteiger partial charge on any atom is -0.496 e. The van der Waals surface area contributed by atoms with Crippen molar-refractivity contribution in [3.05, 3.63) is 71.0 Å². The van der Waals surface area contributed by atoms with Gasteiger partial charge in [-0.3, -0.25) is 4.79 Å². The van der Waals surface area contributed by atoms with Gasteiger partial charge in [-0.25, -0.2) is 9.37 Å². The lowest BCUT2D eigenvalue weighted by molar-refractivity contribution is -0.145. The first-order valence-electron chi connectivity index (χ1n) is 8.13. The second-order valence-corrected chi connectivity index (χ2v) is 6.48. The van der Waals surface area contributed by atoms with E-state index in [1.54, 1.807) is 19.2 Å². The molecule has 0 aliphatic heterocycles. The molecule has 1 heterocycles. The van der Waals surface area contributed by atoms with Crippen molar-refractivity contribution in [3.63, 3.8) is 0 Å². The van der Waals surface area contributed by atoms with E-state index >= 15 is 0 Å². The fourth-order valence-electron chi connectivity index (χ4n) is 2.47. The van der Waals surface area contributed by atoms with Gasteiger partial charge in [-0.05, 0) is 42.3 Å². The van der Waals surface area contributed by atoms with Gasteiger partial charge in [-0.1, -0.05) is 18.2 Å². The number of carbonyl (C=O) groups is 1. The third-order valence-electron chi connectivity index (χ3n) is 3.81. The summed E-state index contributed by atoms with van der Waals surface area (Å²) in [5, 5.41) is 2.61. The van der Waals surface area contributed by atoms with Crippen LogP contribution in [0.25, 0.3) is 10.6 Å². The summed E-state index contributed by atoms with van der Waals surface area (Å²) in [6.45, 7) is 0.127. The van der Waals surface area contributed by atoms with Crippen LogP contribution in [0.1, 0.15) is 17.7 Å². The zero-order chi connectivity index (χ0) is 18.4. The van der Waals surface area contributed by atoms with Gasteiger partial charge in [0.15, 0.2) is 0 Å². The fraction of sp³-hybridized carbons (Fsp3) is 0.200. The Labute approximate surface area is 155 Å². The van der Waals surface area contributed by atoms with Gasteiger partial charge < -0.3 is 9.47 Å². The highest BCUT2D eigenvalue weighted by Gasteiger charge is 2.10. The van der Waals surface area contributed by atoms with E-state index < -0.39 is 0 Å². The minimum absolute atomic E-state index is 0.127. The van der Waals surface area contributed by atoms with Gasteiger partial charge in [-0.15, -0.1) is 11.3 Å². The molecular formula is C20H18FNO3S. The summed E-state index contributed by atoms with van der Waals surface area (Å²) in [5.41, 5.74) is 2.49. The number of hydrogen-bond donors (Lipinski definition) is 0. The summed E-state index contributed by atoms with van der Waals surface area (Å²) in [5.74, 6) is 0.200. The SMILES string of the molecule is COc1ccccc1CCC(=O)OCc1csc(-c2ccc(F)cc2)n1. The van der Waals surface area contributed by atoms with Crippen LogP contribution < -0.4 is 4.74 Å². The number of thiazole rings is 1. The molecule has 0 aliphatic carbocycles. The van der Waals surface area contributed by atoms with E-state index in [9.17, 15) is 9.18 Å². The smallest absolute Gasteiger partial charge is 0.306 e. The summed E-state index contributed by atoms with van der Waals surface area (Å²) in [6, 6.07) is 13.8. The van der Waals surface area contributed by atoms with Crippen LogP contribution >= 0.6 is 11.3 Å². The number of aryl methyl sites for hydroxylation is 1. The van der Waals surface area contributed by atoms with Crippen LogP contribution in [0.3, 0.4) is 0 Å². The van der Waals surface area contributed by atoms with E-state index in [1.165, 1.54) is 23.5 Å². The fourth-order valence-corrected chi connectivity index (χ4v) is 3.28. The number of esters is 1. The zero-order valence-corrected chi connectivity index (χ0v) is 15.1. The molecule has 1 aromatic heterocycles. The quantitative estimate of drug-likeness (QED) is 0.568. The number of para-hydroxylation sites is 1. The second kappa shape index (κ2) is 8.58. The number of benzene rings is 2. The molecule has 0 N–H and O–H groups in total.